The van der Waals surface area contributed by atoms with Crippen molar-refractivity contribution in [3.8, 4) is 0 Å². The maximum atomic E-state index is 5.54. The van der Waals surface area contributed by atoms with E-state index in [0.717, 1.165) is 45.4 Å². The largest absolute Gasteiger partial charge is 0.379 e. The summed E-state index contributed by atoms with van der Waals surface area (Å²) in [4.78, 5) is 7.33. The standard InChI is InChI=1S/C17H34N4O2S/c1-5-18-15(19-12-16(2,3)22-4)20-13-17(6-11-24-14-17)21-7-9-23-10-8-21/h5-14H2,1-4H3,(H2,18,19,20). The molecule has 0 saturated carbocycles. The molecule has 2 heterocycles. The molecule has 2 saturated heterocycles. The van der Waals surface area contributed by atoms with E-state index in [-0.39, 0.29) is 11.1 Å². The second kappa shape index (κ2) is 9.27. The molecule has 0 bridgehead atoms. The van der Waals surface area contributed by atoms with Crippen LogP contribution in [0, 0.1) is 0 Å². The average Bonchev–Trinajstić information content (AvgIpc) is 3.08. The summed E-state index contributed by atoms with van der Waals surface area (Å²) in [6.45, 7) is 12.4. The fourth-order valence-electron chi connectivity index (χ4n) is 3.06. The Labute approximate surface area is 151 Å². The minimum atomic E-state index is -0.243. The summed E-state index contributed by atoms with van der Waals surface area (Å²) in [5.41, 5.74) is -0.0190. The van der Waals surface area contributed by atoms with Crippen LogP contribution in [0.4, 0.5) is 0 Å². The molecule has 24 heavy (non-hydrogen) atoms. The summed E-state index contributed by atoms with van der Waals surface area (Å²) in [7, 11) is 1.74. The van der Waals surface area contributed by atoms with E-state index in [1.54, 1.807) is 7.11 Å². The van der Waals surface area contributed by atoms with Crippen LogP contribution in [-0.4, -0.2) is 86.6 Å². The van der Waals surface area contributed by atoms with E-state index in [1.807, 2.05) is 0 Å². The Morgan fingerprint density at radius 3 is 2.67 bits per heavy atom. The van der Waals surface area contributed by atoms with Crippen molar-refractivity contribution in [2.24, 2.45) is 4.99 Å². The summed E-state index contributed by atoms with van der Waals surface area (Å²) >= 11 is 2.06. The van der Waals surface area contributed by atoms with E-state index < -0.39 is 0 Å². The molecule has 1 unspecified atom stereocenters. The lowest BCUT2D eigenvalue weighted by atomic mass is 9.95. The predicted octanol–water partition coefficient (Wildman–Crippen LogP) is 1.17. The Morgan fingerprint density at radius 1 is 1.33 bits per heavy atom. The highest BCUT2D eigenvalue weighted by Crippen LogP contribution is 2.33. The highest BCUT2D eigenvalue weighted by molar-refractivity contribution is 7.99. The fourth-order valence-corrected chi connectivity index (χ4v) is 4.54. The maximum absolute atomic E-state index is 5.54. The SMILES string of the molecule is CCNC(=NCC(C)(C)OC)NCC1(N2CCOCC2)CCSC1. The summed E-state index contributed by atoms with van der Waals surface area (Å²) in [5.74, 6) is 3.30. The Morgan fingerprint density at radius 2 is 2.08 bits per heavy atom. The van der Waals surface area contributed by atoms with E-state index >= 15 is 0 Å². The van der Waals surface area contributed by atoms with Crippen LogP contribution in [0.25, 0.3) is 0 Å². The van der Waals surface area contributed by atoms with Crippen LogP contribution in [0.1, 0.15) is 27.2 Å². The molecule has 0 spiro atoms. The van der Waals surface area contributed by atoms with Gasteiger partial charge in [0, 0.05) is 44.6 Å². The van der Waals surface area contributed by atoms with Gasteiger partial charge in [0.05, 0.1) is 25.4 Å². The summed E-state index contributed by atoms with van der Waals surface area (Å²) < 4.78 is 11.0. The van der Waals surface area contributed by atoms with Gasteiger partial charge in [0.25, 0.3) is 0 Å². The van der Waals surface area contributed by atoms with E-state index in [9.17, 15) is 0 Å². The number of nitrogens with zero attached hydrogens (tertiary/aromatic N) is 2. The minimum absolute atomic E-state index is 0.224. The lowest BCUT2D eigenvalue weighted by Gasteiger charge is -2.43. The number of rotatable bonds is 7. The third-order valence-electron chi connectivity index (χ3n) is 4.86. The number of nitrogens with one attached hydrogen (secondary N) is 2. The number of thioether (sulfide) groups is 1. The number of morpholine rings is 1. The number of aliphatic imine (C=N–C) groups is 1. The third kappa shape index (κ3) is 5.51. The molecular formula is C17H34N4O2S. The number of hydrogen-bond donors (Lipinski definition) is 2. The smallest absolute Gasteiger partial charge is 0.191 e. The molecule has 2 aliphatic heterocycles. The number of hydrogen-bond acceptors (Lipinski definition) is 5. The van der Waals surface area contributed by atoms with Crippen molar-refractivity contribution < 1.29 is 9.47 Å². The number of methoxy groups -OCH3 is 1. The van der Waals surface area contributed by atoms with Crippen molar-refractivity contribution in [1.82, 2.24) is 15.5 Å². The van der Waals surface area contributed by atoms with E-state index in [0.29, 0.717) is 6.54 Å². The third-order valence-corrected chi connectivity index (χ3v) is 6.10. The van der Waals surface area contributed by atoms with Crippen LogP contribution in [0.15, 0.2) is 4.99 Å². The van der Waals surface area contributed by atoms with Crippen molar-refractivity contribution in [3.63, 3.8) is 0 Å². The van der Waals surface area contributed by atoms with Crippen molar-refractivity contribution >= 4 is 17.7 Å². The Hall–Kier alpha value is -0.500. The molecule has 0 aliphatic carbocycles. The first kappa shape index (κ1) is 19.8. The van der Waals surface area contributed by atoms with Crippen LogP contribution in [-0.2, 0) is 9.47 Å². The zero-order chi connectivity index (χ0) is 17.5. The molecule has 2 aliphatic rings. The Bertz CT molecular complexity index is 405. The predicted molar refractivity (Wildman–Crippen MR) is 102 cm³/mol. The Kier molecular flexibility index (Phi) is 7.65. The van der Waals surface area contributed by atoms with Gasteiger partial charge < -0.3 is 20.1 Å². The normalized spacial score (nSPS) is 26.6. The van der Waals surface area contributed by atoms with E-state index in [4.69, 9.17) is 14.5 Å². The molecule has 2 fully saturated rings. The first-order valence-electron chi connectivity index (χ1n) is 8.99. The number of ether oxygens (including phenoxy) is 2. The first-order chi connectivity index (χ1) is 11.5. The van der Waals surface area contributed by atoms with Gasteiger partial charge in [0.15, 0.2) is 5.96 Å². The van der Waals surface area contributed by atoms with Crippen LogP contribution >= 0.6 is 11.8 Å². The van der Waals surface area contributed by atoms with Crippen molar-refractivity contribution in [3.05, 3.63) is 0 Å². The molecule has 2 N–H and O–H groups in total. The molecule has 0 amide bonds. The maximum Gasteiger partial charge on any atom is 0.191 e. The van der Waals surface area contributed by atoms with Gasteiger partial charge in [-0.3, -0.25) is 9.89 Å². The van der Waals surface area contributed by atoms with Gasteiger partial charge in [-0.1, -0.05) is 0 Å². The molecule has 0 aromatic carbocycles. The van der Waals surface area contributed by atoms with Gasteiger partial charge in [0.2, 0.25) is 0 Å². The van der Waals surface area contributed by atoms with Crippen molar-refractivity contribution in [1.29, 1.82) is 0 Å². The highest BCUT2D eigenvalue weighted by Gasteiger charge is 2.40. The Balaban J connectivity index is 1.98. The van der Waals surface area contributed by atoms with Crippen molar-refractivity contribution in [2.75, 3.05) is 64.6 Å². The first-order valence-corrected chi connectivity index (χ1v) is 10.1. The second-order valence-corrected chi connectivity index (χ2v) is 8.24. The summed E-state index contributed by atoms with van der Waals surface area (Å²) in [6, 6.07) is 0. The molecule has 6 nitrogen and oxygen atoms in total. The topological polar surface area (TPSA) is 58.1 Å². The van der Waals surface area contributed by atoms with Crippen LogP contribution in [0.3, 0.4) is 0 Å². The van der Waals surface area contributed by atoms with Crippen LogP contribution < -0.4 is 10.6 Å². The molecule has 0 aromatic rings. The van der Waals surface area contributed by atoms with E-state index in [2.05, 4.69) is 48.1 Å². The zero-order valence-electron chi connectivity index (χ0n) is 15.7. The molecule has 1 atom stereocenters. The lowest BCUT2D eigenvalue weighted by Crippen LogP contribution is -2.60. The molecule has 2 rings (SSSR count). The molecular weight excluding hydrogens is 324 g/mol. The molecule has 140 valence electrons. The molecule has 0 aromatic heterocycles. The lowest BCUT2D eigenvalue weighted by molar-refractivity contribution is -0.0120. The summed E-state index contributed by atoms with van der Waals surface area (Å²) in [5, 5.41) is 6.94. The average molecular weight is 359 g/mol. The van der Waals surface area contributed by atoms with Gasteiger partial charge in [-0.15, -0.1) is 0 Å². The van der Waals surface area contributed by atoms with Gasteiger partial charge in [0.1, 0.15) is 0 Å². The molecule has 7 heteroatoms. The van der Waals surface area contributed by atoms with Gasteiger partial charge in [-0.05, 0) is 32.9 Å². The quantitative estimate of drug-likeness (QED) is 0.526. The fraction of sp³-hybridized carbons (Fsp3) is 0.941. The molecule has 0 radical (unpaired) electrons. The minimum Gasteiger partial charge on any atom is -0.379 e. The van der Waals surface area contributed by atoms with Gasteiger partial charge >= 0.3 is 0 Å². The zero-order valence-corrected chi connectivity index (χ0v) is 16.5. The van der Waals surface area contributed by atoms with Gasteiger partial charge in [-0.2, -0.15) is 11.8 Å². The monoisotopic (exact) mass is 358 g/mol. The number of guanidine groups is 1. The second-order valence-electron chi connectivity index (χ2n) is 7.14. The highest BCUT2D eigenvalue weighted by atomic mass is 32.2. The summed E-state index contributed by atoms with van der Waals surface area (Å²) in [6.07, 6.45) is 1.23. The van der Waals surface area contributed by atoms with Crippen LogP contribution in [0.2, 0.25) is 0 Å². The van der Waals surface area contributed by atoms with E-state index in [1.165, 1.54) is 17.9 Å². The van der Waals surface area contributed by atoms with Gasteiger partial charge in [-0.25, -0.2) is 0 Å². The van der Waals surface area contributed by atoms with Crippen molar-refractivity contribution in [2.45, 2.75) is 38.3 Å². The van der Waals surface area contributed by atoms with Crippen LogP contribution in [0.5, 0.6) is 0 Å².